The summed E-state index contributed by atoms with van der Waals surface area (Å²) in [5, 5.41) is 16.1. The van der Waals surface area contributed by atoms with E-state index in [1.165, 1.54) is 6.07 Å². The summed E-state index contributed by atoms with van der Waals surface area (Å²) in [5.74, 6) is -0.146. The topological polar surface area (TPSA) is 110 Å². The molecule has 2 aromatic carbocycles. The Labute approximate surface area is 205 Å². The number of benzene rings is 2. The van der Waals surface area contributed by atoms with E-state index in [4.69, 9.17) is 26.0 Å². The molecule has 0 bridgehead atoms. The standard InChI is InChI=1S/C25H22ClFN4O4/c1-34-14-17-11-15(8-9-18(17)19-5-2-3-6-21(19)27)25-30-23(31-35-25)16-12-20(26)24(29-13-16)28-10-4-7-22(32)33/h2-3,5-6,8-9,11-13H,4,7,10,14H2,1H3,(H,28,29)(H,32,33). The smallest absolute Gasteiger partial charge is 0.303 e. The van der Waals surface area contributed by atoms with E-state index in [1.54, 1.807) is 49.7 Å². The van der Waals surface area contributed by atoms with Crippen LogP contribution in [0, 0.1) is 5.82 Å². The van der Waals surface area contributed by atoms with Crippen molar-refractivity contribution in [2.45, 2.75) is 19.4 Å². The number of aliphatic carboxylic acids is 1. The highest BCUT2D eigenvalue weighted by molar-refractivity contribution is 6.33. The highest BCUT2D eigenvalue weighted by atomic mass is 35.5. The maximum atomic E-state index is 14.4. The van der Waals surface area contributed by atoms with Crippen LogP contribution in [0.5, 0.6) is 0 Å². The average molecular weight is 497 g/mol. The van der Waals surface area contributed by atoms with Gasteiger partial charge in [-0.3, -0.25) is 4.79 Å². The summed E-state index contributed by atoms with van der Waals surface area (Å²) in [6.45, 7) is 0.705. The van der Waals surface area contributed by atoms with Crippen LogP contribution in [0.25, 0.3) is 34.0 Å². The van der Waals surface area contributed by atoms with E-state index in [-0.39, 0.29) is 24.7 Å². The van der Waals surface area contributed by atoms with Gasteiger partial charge in [0, 0.05) is 43.0 Å². The number of carboxylic acids is 1. The number of hydrogen-bond acceptors (Lipinski definition) is 7. The maximum absolute atomic E-state index is 14.4. The molecule has 0 saturated carbocycles. The molecule has 4 aromatic rings. The lowest BCUT2D eigenvalue weighted by Crippen LogP contribution is -2.06. The highest BCUT2D eigenvalue weighted by Crippen LogP contribution is 2.32. The Morgan fingerprint density at radius 3 is 2.74 bits per heavy atom. The fourth-order valence-corrected chi connectivity index (χ4v) is 3.77. The molecule has 0 radical (unpaired) electrons. The van der Waals surface area contributed by atoms with E-state index in [2.05, 4.69) is 20.4 Å². The molecule has 0 atom stereocenters. The minimum Gasteiger partial charge on any atom is -0.481 e. The van der Waals surface area contributed by atoms with Gasteiger partial charge in [-0.2, -0.15) is 4.98 Å². The number of nitrogens with one attached hydrogen (secondary N) is 1. The highest BCUT2D eigenvalue weighted by Gasteiger charge is 2.16. The Bertz CT molecular complexity index is 1340. The van der Waals surface area contributed by atoms with Crippen LogP contribution in [0.4, 0.5) is 10.2 Å². The minimum atomic E-state index is -0.856. The van der Waals surface area contributed by atoms with Gasteiger partial charge in [0.15, 0.2) is 0 Å². The maximum Gasteiger partial charge on any atom is 0.303 e. The quantitative estimate of drug-likeness (QED) is 0.270. The number of nitrogens with zero attached hydrogens (tertiary/aromatic N) is 3. The molecule has 0 saturated heterocycles. The predicted octanol–water partition coefficient (Wildman–Crippen LogP) is 5.68. The number of methoxy groups -OCH3 is 1. The summed E-state index contributed by atoms with van der Waals surface area (Å²) in [4.78, 5) is 19.4. The number of carboxylic acid groups (broad SMARTS) is 1. The largest absolute Gasteiger partial charge is 0.481 e. The molecule has 0 spiro atoms. The number of halogens is 2. The number of hydrogen-bond donors (Lipinski definition) is 2. The second-order valence-electron chi connectivity index (χ2n) is 7.69. The van der Waals surface area contributed by atoms with Crippen LogP contribution in [-0.2, 0) is 16.1 Å². The number of aromatic nitrogens is 3. The third-order valence-corrected chi connectivity index (χ3v) is 5.49. The molecular weight excluding hydrogens is 475 g/mol. The van der Waals surface area contributed by atoms with E-state index < -0.39 is 5.97 Å². The molecule has 0 unspecified atom stereocenters. The molecular formula is C25H22ClFN4O4. The van der Waals surface area contributed by atoms with E-state index in [0.29, 0.717) is 46.3 Å². The zero-order valence-corrected chi connectivity index (χ0v) is 19.6. The van der Waals surface area contributed by atoms with Crippen LogP contribution in [0.3, 0.4) is 0 Å². The van der Waals surface area contributed by atoms with Crippen LogP contribution in [-0.4, -0.2) is 39.9 Å². The molecule has 2 aromatic heterocycles. The predicted molar refractivity (Wildman–Crippen MR) is 129 cm³/mol. The van der Waals surface area contributed by atoms with Gasteiger partial charge in [0.05, 0.1) is 11.6 Å². The molecule has 2 heterocycles. The van der Waals surface area contributed by atoms with E-state index in [1.807, 2.05) is 6.07 Å². The molecule has 0 amide bonds. The molecule has 0 aliphatic carbocycles. The van der Waals surface area contributed by atoms with E-state index in [0.717, 1.165) is 11.1 Å². The first-order chi connectivity index (χ1) is 17.0. The van der Waals surface area contributed by atoms with Gasteiger partial charge in [0.1, 0.15) is 11.6 Å². The van der Waals surface area contributed by atoms with Gasteiger partial charge < -0.3 is 19.7 Å². The lowest BCUT2D eigenvalue weighted by molar-refractivity contribution is -0.137. The summed E-state index contributed by atoms with van der Waals surface area (Å²) in [7, 11) is 1.57. The van der Waals surface area contributed by atoms with Gasteiger partial charge in [-0.1, -0.05) is 41.0 Å². The molecule has 2 N–H and O–H groups in total. The summed E-state index contributed by atoms with van der Waals surface area (Å²) >= 11 is 6.32. The monoisotopic (exact) mass is 496 g/mol. The average Bonchev–Trinajstić information content (AvgIpc) is 3.34. The second kappa shape index (κ2) is 11.1. The van der Waals surface area contributed by atoms with Gasteiger partial charge in [-0.25, -0.2) is 9.37 Å². The Morgan fingerprint density at radius 1 is 1.17 bits per heavy atom. The van der Waals surface area contributed by atoms with Crippen molar-refractivity contribution in [3.05, 3.63) is 71.1 Å². The van der Waals surface area contributed by atoms with Crippen molar-refractivity contribution in [3.63, 3.8) is 0 Å². The van der Waals surface area contributed by atoms with Gasteiger partial charge in [-0.05, 0) is 41.8 Å². The van der Waals surface area contributed by atoms with Crippen LogP contribution in [0.1, 0.15) is 18.4 Å². The Kier molecular flexibility index (Phi) is 7.69. The Hall–Kier alpha value is -3.82. The van der Waals surface area contributed by atoms with Gasteiger partial charge >= 0.3 is 5.97 Å². The summed E-state index contributed by atoms with van der Waals surface area (Å²) in [5.41, 5.74) is 3.19. The van der Waals surface area contributed by atoms with Crippen molar-refractivity contribution in [1.82, 2.24) is 15.1 Å². The van der Waals surface area contributed by atoms with Crippen molar-refractivity contribution < 1.29 is 23.6 Å². The van der Waals surface area contributed by atoms with Crippen LogP contribution >= 0.6 is 11.6 Å². The summed E-state index contributed by atoms with van der Waals surface area (Å²) in [6, 6.07) is 13.6. The fourth-order valence-electron chi connectivity index (χ4n) is 3.54. The molecule has 0 fully saturated rings. The first-order valence-electron chi connectivity index (χ1n) is 10.8. The van der Waals surface area contributed by atoms with Crippen LogP contribution in [0.2, 0.25) is 5.02 Å². The zero-order valence-electron chi connectivity index (χ0n) is 18.8. The number of ether oxygens (including phenoxy) is 1. The van der Waals surface area contributed by atoms with Crippen molar-refractivity contribution >= 4 is 23.4 Å². The van der Waals surface area contributed by atoms with Gasteiger partial charge in [0.25, 0.3) is 5.89 Å². The molecule has 8 nitrogen and oxygen atoms in total. The van der Waals surface area contributed by atoms with Crippen molar-refractivity contribution in [3.8, 4) is 34.0 Å². The number of rotatable bonds is 10. The molecule has 4 rings (SSSR count). The number of pyridine rings is 1. The lowest BCUT2D eigenvalue weighted by Gasteiger charge is -2.11. The van der Waals surface area contributed by atoms with Crippen molar-refractivity contribution in [1.29, 1.82) is 0 Å². The molecule has 180 valence electrons. The van der Waals surface area contributed by atoms with Crippen molar-refractivity contribution in [2.75, 3.05) is 19.0 Å². The van der Waals surface area contributed by atoms with E-state index >= 15 is 0 Å². The third kappa shape index (κ3) is 5.82. The van der Waals surface area contributed by atoms with Crippen molar-refractivity contribution in [2.24, 2.45) is 0 Å². The zero-order chi connectivity index (χ0) is 24.8. The second-order valence-corrected chi connectivity index (χ2v) is 8.09. The number of anilines is 1. The first kappa shape index (κ1) is 24.3. The number of carbonyl (C=O) groups is 1. The first-order valence-corrected chi connectivity index (χ1v) is 11.2. The molecule has 10 heteroatoms. The normalized spacial score (nSPS) is 10.9. The molecule has 35 heavy (non-hydrogen) atoms. The third-order valence-electron chi connectivity index (χ3n) is 5.20. The summed E-state index contributed by atoms with van der Waals surface area (Å²) < 4.78 is 25.1. The minimum absolute atomic E-state index is 0.0572. The summed E-state index contributed by atoms with van der Waals surface area (Å²) in [6.07, 6.45) is 2.06. The molecule has 0 aliphatic heterocycles. The van der Waals surface area contributed by atoms with Gasteiger partial charge in [-0.15, -0.1) is 0 Å². The lowest BCUT2D eigenvalue weighted by atomic mass is 9.97. The van der Waals surface area contributed by atoms with Crippen LogP contribution in [0.15, 0.2) is 59.3 Å². The molecule has 0 aliphatic rings. The van der Waals surface area contributed by atoms with Gasteiger partial charge in [0.2, 0.25) is 5.82 Å². The Morgan fingerprint density at radius 2 is 2.00 bits per heavy atom. The SMILES string of the molecule is COCc1cc(-c2nc(-c3cnc(NCCCC(=O)O)c(Cl)c3)no2)ccc1-c1ccccc1F. The Balaban J connectivity index is 1.55. The van der Waals surface area contributed by atoms with E-state index in [9.17, 15) is 9.18 Å². The van der Waals surface area contributed by atoms with Crippen LogP contribution < -0.4 is 5.32 Å². The fraction of sp³-hybridized carbons (Fsp3) is 0.200.